The minimum atomic E-state index is -0.199. The molecule has 1 rings (SSSR count). The second-order valence-corrected chi connectivity index (χ2v) is 3.79. The van der Waals surface area contributed by atoms with E-state index in [0.717, 1.165) is 5.03 Å². The summed E-state index contributed by atoms with van der Waals surface area (Å²) in [6, 6.07) is 1.76. The van der Waals surface area contributed by atoms with Gasteiger partial charge in [0.15, 0.2) is 0 Å². The fraction of sp³-hybridized carbons (Fsp3) is 0.375. The molecule has 5 nitrogen and oxygen atoms in total. The van der Waals surface area contributed by atoms with E-state index in [0.29, 0.717) is 6.42 Å². The van der Waals surface area contributed by atoms with E-state index in [2.05, 4.69) is 15.4 Å². The number of carbonyl (C=O) groups is 1. The summed E-state index contributed by atoms with van der Waals surface area (Å²) in [5.41, 5.74) is 2.13. The maximum atomic E-state index is 11.2. The second kappa shape index (κ2) is 5.56. The van der Waals surface area contributed by atoms with Crippen molar-refractivity contribution >= 4 is 17.7 Å². The summed E-state index contributed by atoms with van der Waals surface area (Å²) >= 11 is 1.38. The van der Waals surface area contributed by atoms with Crippen molar-refractivity contribution in [3.05, 3.63) is 18.6 Å². The summed E-state index contributed by atoms with van der Waals surface area (Å²) in [5.74, 6) is 4.87. The van der Waals surface area contributed by atoms with Gasteiger partial charge in [-0.15, -0.1) is 0 Å². The van der Waals surface area contributed by atoms with Crippen LogP contribution in [-0.2, 0) is 4.79 Å². The first-order valence-corrected chi connectivity index (χ1v) is 5.09. The van der Waals surface area contributed by atoms with Gasteiger partial charge in [-0.1, -0.05) is 18.7 Å². The van der Waals surface area contributed by atoms with Gasteiger partial charge in [-0.2, -0.15) is 0 Å². The quantitative estimate of drug-likeness (QED) is 0.247. The van der Waals surface area contributed by atoms with E-state index >= 15 is 0 Å². The summed E-state index contributed by atoms with van der Waals surface area (Å²) in [5, 5.41) is 0.574. The average Bonchev–Trinajstić information content (AvgIpc) is 2.26. The van der Waals surface area contributed by atoms with Gasteiger partial charge >= 0.3 is 0 Å². The van der Waals surface area contributed by atoms with Crippen LogP contribution in [0.4, 0.5) is 0 Å². The van der Waals surface area contributed by atoms with Gasteiger partial charge in [0.05, 0.1) is 5.25 Å². The molecule has 0 saturated heterocycles. The number of rotatable bonds is 4. The van der Waals surface area contributed by atoms with Crippen LogP contribution in [0.5, 0.6) is 0 Å². The molecule has 0 bridgehead atoms. The molecule has 0 aromatic carbocycles. The predicted molar refractivity (Wildman–Crippen MR) is 54.3 cm³/mol. The third kappa shape index (κ3) is 2.97. The largest absolute Gasteiger partial charge is 0.293 e. The molecule has 0 aliphatic rings. The number of nitrogens with one attached hydrogen (secondary N) is 1. The van der Waals surface area contributed by atoms with Crippen LogP contribution in [0.3, 0.4) is 0 Å². The van der Waals surface area contributed by atoms with E-state index in [1.165, 1.54) is 18.1 Å². The number of amides is 1. The average molecular weight is 212 g/mol. The lowest BCUT2D eigenvalue weighted by atomic mass is 10.3. The van der Waals surface area contributed by atoms with Crippen molar-refractivity contribution in [2.45, 2.75) is 23.6 Å². The summed E-state index contributed by atoms with van der Waals surface area (Å²) in [7, 11) is 0. The molecule has 1 amide bonds. The lowest BCUT2D eigenvalue weighted by Crippen LogP contribution is -2.37. The van der Waals surface area contributed by atoms with Crippen molar-refractivity contribution in [1.82, 2.24) is 15.4 Å². The number of hydrogen-bond acceptors (Lipinski definition) is 5. The molecule has 76 valence electrons. The topological polar surface area (TPSA) is 80.9 Å². The first-order valence-electron chi connectivity index (χ1n) is 4.21. The monoisotopic (exact) mass is 212 g/mol. The summed E-state index contributed by atoms with van der Waals surface area (Å²) in [4.78, 5) is 19.1. The Morgan fingerprint density at radius 1 is 1.79 bits per heavy atom. The van der Waals surface area contributed by atoms with Crippen molar-refractivity contribution in [2.24, 2.45) is 5.84 Å². The molecule has 0 aliphatic carbocycles. The number of nitrogens with two attached hydrogens (primary N) is 1. The van der Waals surface area contributed by atoms with Crippen LogP contribution in [0.15, 0.2) is 23.6 Å². The first kappa shape index (κ1) is 10.9. The highest BCUT2D eigenvalue weighted by molar-refractivity contribution is 8.00. The van der Waals surface area contributed by atoms with Gasteiger partial charge < -0.3 is 0 Å². The molecule has 0 aliphatic heterocycles. The standard InChI is InChI=1S/C8H12N4OS/c1-2-6(8(13)12-9)14-7-3-4-10-5-11-7/h3-6H,2,9H2,1H3,(H,12,13). The molecule has 3 N–H and O–H groups in total. The number of hydrazine groups is 1. The van der Waals surface area contributed by atoms with E-state index < -0.39 is 0 Å². The molecule has 0 radical (unpaired) electrons. The Morgan fingerprint density at radius 2 is 2.57 bits per heavy atom. The molecule has 1 aromatic rings. The van der Waals surface area contributed by atoms with Crippen LogP contribution in [0, 0.1) is 0 Å². The van der Waals surface area contributed by atoms with Crippen LogP contribution in [0.1, 0.15) is 13.3 Å². The zero-order chi connectivity index (χ0) is 10.4. The lowest BCUT2D eigenvalue weighted by molar-refractivity contribution is -0.120. The number of aromatic nitrogens is 2. The third-order valence-corrected chi connectivity index (χ3v) is 2.94. The van der Waals surface area contributed by atoms with Gasteiger partial charge in [0, 0.05) is 6.20 Å². The molecular formula is C8H12N4OS. The molecule has 0 spiro atoms. The van der Waals surface area contributed by atoms with Crippen LogP contribution in [0.2, 0.25) is 0 Å². The van der Waals surface area contributed by atoms with Gasteiger partial charge in [-0.05, 0) is 12.5 Å². The highest BCUT2D eigenvalue weighted by Crippen LogP contribution is 2.22. The summed E-state index contributed by atoms with van der Waals surface area (Å²) in [6.07, 6.45) is 3.80. The Labute approximate surface area is 86.5 Å². The molecule has 14 heavy (non-hydrogen) atoms. The fourth-order valence-electron chi connectivity index (χ4n) is 0.909. The number of hydrogen-bond donors (Lipinski definition) is 2. The van der Waals surface area contributed by atoms with E-state index in [1.807, 2.05) is 6.92 Å². The summed E-state index contributed by atoms with van der Waals surface area (Å²) in [6.45, 7) is 1.92. The van der Waals surface area contributed by atoms with Crippen LogP contribution >= 0.6 is 11.8 Å². The molecule has 1 atom stereocenters. The highest BCUT2D eigenvalue weighted by atomic mass is 32.2. The highest BCUT2D eigenvalue weighted by Gasteiger charge is 2.16. The maximum Gasteiger partial charge on any atom is 0.247 e. The van der Waals surface area contributed by atoms with Crippen molar-refractivity contribution in [3.8, 4) is 0 Å². The van der Waals surface area contributed by atoms with Gasteiger partial charge in [0.25, 0.3) is 0 Å². The van der Waals surface area contributed by atoms with Crippen LogP contribution in [-0.4, -0.2) is 21.1 Å². The maximum absolute atomic E-state index is 11.2. The van der Waals surface area contributed by atoms with E-state index in [1.54, 1.807) is 12.3 Å². The van der Waals surface area contributed by atoms with Crippen molar-refractivity contribution in [3.63, 3.8) is 0 Å². The van der Waals surface area contributed by atoms with Gasteiger partial charge in [0.1, 0.15) is 11.4 Å². The smallest absolute Gasteiger partial charge is 0.247 e. The van der Waals surface area contributed by atoms with Crippen molar-refractivity contribution in [2.75, 3.05) is 0 Å². The van der Waals surface area contributed by atoms with Crippen LogP contribution in [0.25, 0.3) is 0 Å². The molecule has 1 heterocycles. The van der Waals surface area contributed by atoms with Gasteiger partial charge in [0.2, 0.25) is 5.91 Å². The normalized spacial score (nSPS) is 12.1. The lowest BCUT2D eigenvalue weighted by Gasteiger charge is -2.10. The minimum absolute atomic E-state index is 0.184. The molecule has 0 saturated carbocycles. The third-order valence-electron chi connectivity index (χ3n) is 1.62. The van der Waals surface area contributed by atoms with Crippen molar-refractivity contribution < 1.29 is 4.79 Å². The molecular weight excluding hydrogens is 200 g/mol. The van der Waals surface area contributed by atoms with Crippen LogP contribution < -0.4 is 11.3 Å². The second-order valence-electron chi connectivity index (χ2n) is 2.57. The molecule has 1 unspecified atom stereocenters. The Kier molecular flexibility index (Phi) is 4.34. The number of thioether (sulfide) groups is 1. The minimum Gasteiger partial charge on any atom is -0.293 e. The Morgan fingerprint density at radius 3 is 3.07 bits per heavy atom. The van der Waals surface area contributed by atoms with E-state index in [-0.39, 0.29) is 11.2 Å². The Hall–Kier alpha value is -1.14. The number of nitrogens with zero attached hydrogens (tertiary/aromatic N) is 2. The van der Waals surface area contributed by atoms with Gasteiger partial charge in [-0.25, -0.2) is 15.8 Å². The first-order chi connectivity index (χ1) is 6.77. The van der Waals surface area contributed by atoms with Crippen molar-refractivity contribution in [1.29, 1.82) is 0 Å². The predicted octanol–water partition coefficient (Wildman–Crippen LogP) is 0.337. The Balaban J connectivity index is 2.62. The zero-order valence-electron chi connectivity index (χ0n) is 7.80. The SMILES string of the molecule is CCC(Sc1ccncn1)C(=O)NN. The van der Waals surface area contributed by atoms with E-state index in [4.69, 9.17) is 5.84 Å². The summed E-state index contributed by atoms with van der Waals surface area (Å²) < 4.78 is 0. The zero-order valence-corrected chi connectivity index (χ0v) is 8.62. The number of carbonyl (C=O) groups excluding carboxylic acids is 1. The fourth-order valence-corrected chi connectivity index (χ4v) is 1.79. The van der Waals surface area contributed by atoms with Gasteiger partial charge in [-0.3, -0.25) is 10.2 Å². The Bertz CT molecular complexity index is 293. The van der Waals surface area contributed by atoms with E-state index in [9.17, 15) is 4.79 Å². The molecule has 0 fully saturated rings. The molecule has 6 heteroatoms. The molecule has 1 aromatic heterocycles.